The fraction of sp³-hybridized carbons (Fsp3) is 0.581. The molecule has 0 aliphatic heterocycles. The van der Waals surface area contributed by atoms with E-state index >= 15 is 0 Å². The monoisotopic (exact) mass is 614 g/mol. The van der Waals surface area contributed by atoms with Gasteiger partial charge in [0.15, 0.2) is 0 Å². The number of benzene rings is 1. The summed E-state index contributed by atoms with van der Waals surface area (Å²) in [6, 6.07) is 9.77. The first-order valence-electron chi connectivity index (χ1n) is 14.9. The Morgan fingerprint density at radius 1 is 0.833 bits per heavy atom. The van der Waals surface area contributed by atoms with Gasteiger partial charge in [-0.1, -0.05) is 63.5 Å². The molecule has 0 radical (unpaired) electrons. The van der Waals surface area contributed by atoms with Crippen LogP contribution >= 0.6 is 0 Å². The molecule has 0 saturated heterocycles. The van der Waals surface area contributed by atoms with Gasteiger partial charge in [-0.3, -0.25) is 4.79 Å². The minimum atomic E-state index is -1.19. The van der Waals surface area contributed by atoms with Gasteiger partial charge in [-0.25, -0.2) is 9.97 Å². The summed E-state index contributed by atoms with van der Waals surface area (Å²) in [6.45, 7) is 17.7. The Bertz CT molecular complexity index is 1170. The van der Waals surface area contributed by atoms with Gasteiger partial charge in [0.2, 0.25) is 0 Å². The lowest BCUT2D eigenvalue weighted by atomic mass is 9.88. The number of aliphatic hydroxyl groups is 1. The largest absolute Gasteiger partial charge is 0.457 e. The third-order valence-corrected chi connectivity index (χ3v) is 10.6. The SMILES string of the molecule is CC(=O)OC(c1ccc(CO)cc1)C(Cc1nccn1COCC[Si](C)(C)C)Cc1nccn1COCC[Si](C)(C)C. The molecule has 2 heterocycles. The molecule has 0 aliphatic rings. The first kappa shape index (κ1) is 33.9. The molecule has 2 aromatic heterocycles. The van der Waals surface area contributed by atoms with E-state index in [1.807, 2.05) is 45.8 Å². The van der Waals surface area contributed by atoms with Crippen molar-refractivity contribution in [1.29, 1.82) is 0 Å². The van der Waals surface area contributed by atoms with Crippen LogP contribution in [0.2, 0.25) is 51.4 Å². The molecular weight excluding hydrogens is 565 g/mol. The normalized spacial score (nSPS) is 13.1. The summed E-state index contributed by atoms with van der Waals surface area (Å²) in [5, 5.41) is 9.56. The van der Waals surface area contributed by atoms with Crippen LogP contribution in [-0.2, 0) is 51.9 Å². The molecule has 0 spiro atoms. The highest BCUT2D eigenvalue weighted by Gasteiger charge is 2.30. The van der Waals surface area contributed by atoms with Crippen LogP contribution in [-0.4, -0.2) is 59.5 Å². The maximum atomic E-state index is 12.4. The molecule has 1 aromatic carbocycles. The lowest BCUT2D eigenvalue weighted by Gasteiger charge is -2.28. The molecule has 232 valence electrons. The Hall–Kier alpha value is -2.58. The zero-order valence-corrected chi connectivity index (χ0v) is 28.5. The van der Waals surface area contributed by atoms with Gasteiger partial charge in [0, 0.05) is 79.8 Å². The van der Waals surface area contributed by atoms with E-state index in [0.29, 0.717) is 26.3 Å². The standard InChI is InChI=1S/C31H50N4O5Si2/c1-25(37)40-31(27-10-8-26(22-36)9-11-27)28(20-29-32-12-14-34(29)23-38-16-18-41(2,3)4)21-30-33-13-15-35(30)24-39-17-19-42(5,6)7/h8-15,28,31,36H,16-24H2,1-7H3. The van der Waals surface area contributed by atoms with Gasteiger partial charge in [0.1, 0.15) is 31.2 Å². The average molecular weight is 615 g/mol. The van der Waals surface area contributed by atoms with E-state index in [0.717, 1.165) is 48.1 Å². The summed E-state index contributed by atoms with van der Waals surface area (Å²) in [4.78, 5) is 21.7. The number of hydrogen-bond donors (Lipinski definition) is 1. The number of esters is 1. The minimum Gasteiger partial charge on any atom is -0.457 e. The van der Waals surface area contributed by atoms with Crippen LogP contribution in [0.15, 0.2) is 49.1 Å². The van der Waals surface area contributed by atoms with Crippen molar-refractivity contribution in [1.82, 2.24) is 19.1 Å². The van der Waals surface area contributed by atoms with Crippen LogP contribution < -0.4 is 0 Å². The van der Waals surface area contributed by atoms with Crippen molar-refractivity contribution >= 4 is 22.1 Å². The molecule has 3 rings (SSSR count). The molecule has 0 fully saturated rings. The number of imidazole rings is 2. The molecule has 0 aliphatic carbocycles. The third-order valence-electron chi connectivity index (χ3n) is 7.16. The molecule has 0 bridgehead atoms. The molecule has 1 atom stereocenters. The van der Waals surface area contributed by atoms with Gasteiger partial charge in [0.25, 0.3) is 0 Å². The van der Waals surface area contributed by atoms with Crippen molar-refractivity contribution in [2.45, 2.75) is 97.3 Å². The summed E-state index contributed by atoms with van der Waals surface area (Å²) >= 11 is 0. The second-order valence-electron chi connectivity index (χ2n) is 13.4. The Labute approximate surface area is 253 Å². The molecular formula is C31H50N4O5Si2. The highest BCUT2D eigenvalue weighted by atomic mass is 28.3. The van der Waals surface area contributed by atoms with Crippen LogP contribution in [0.25, 0.3) is 0 Å². The van der Waals surface area contributed by atoms with Crippen molar-refractivity contribution in [3.05, 3.63) is 71.8 Å². The van der Waals surface area contributed by atoms with Crippen LogP contribution in [0.4, 0.5) is 0 Å². The Kier molecular flexibility index (Phi) is 12.7. The molecule has 0 saturated carbocycles. The maximum absolute atomic E-state index is 12.4. The summed E-state index contributed by atoms with van der Waals surface area (Å²) in [7, 11) is -2.38. The van der Waals surface area contributed by atoms with Crippen molar-refractivity contribution in [3.8, 4) is 0 Å². The van der Waals surface area contributed by atoms with Crippen molar-refractivity contribution in [2.75, 3.05) is 13.2 Å². The van der Waals surface area contributed by atoms with E-state index in [-0.39, 0.29) is 18.5 Å². The fourth-order valence-electron chi connectivity index (χ4n) is 4.56. The average Bonchev–Trinajstić information content (AvgIpc) is 3.55. The molecule has 1 unspecified atom stereocenters. The Balaban J connectivity index is 1.85. The highest BCUT2D eigenvalue weighted by molar-refractivity contribution is 6.76. The summed E-state index contributed by atoms with van der Waals surface area (Å²) < 4.78 is 22.1. The van der Waals surface area contributed by atoms with E-state index in [1.54, 1.807) is 12.4 Å². The predicted molar refractivity (Wildman–Crippen MR) is 170 cm³/mol. The van der Waals surface area contributed by atoms with Gasteiger partial charge >= 0.3 is 5.97 Å². The number of carbonyl (C=O) groups is 1. The van der Waals surface area contributed by atoms with E-state index in [9.17, 15) is 9.90 Å². The molecule has 0 amide bonds. The molecule has 9 nitrogen and oxygen atoms in total. The number of nitrogens with zero attached hydrogens (tertiary/aromatic N) is 4. The van der Waals surface area contributed by atoms with E-state index in [1.165, 1.54) is 6.92 Å². The van der Waals surface area contributed by atoms with Crippen LogP contribution in [0.1, 0.15) is 35.8 Å². The summed E-state index contributed by atoms with van der Waals surface area (Å²) in [5.74, 6) is 1.20. The van der Waals surface area contributed by atoms with Crippen LogP contribution in [0, 0.1) is 5.92 Å². The topological polar surface area (TPSA) is 101 Å². The molecule has 42 heavy (non-hydrogen) atoms. The van der Waals surface area contributed by atoms with Crippen molar-refractivity contribution < 1.29 is 24.1 Å². The highest BCUT2D eigenvalue weighted by Crippen LogP contribution is 2.32. The number of ether oxygens (including phenoxy) is 3. The first-order valence-corrected chi connectivity index (χ1v) is 22.3. The van der Waals surface area contributed by atoms with Gasteiger partial charge in [0.05, 0.1) is 6.61 Å². The zero-order valence-electron chi connectivity index (χ0n) is 26.5. The van der Waals surface area contributed by atoms with Crippen LogP contribution in [0.5, 0.6) is 0 Å². The maximum Gasteiger partial charge on any atom is 0.303 e. The van der Waals surface area contributed by atoms with Crippen LogP contribution in [0.3, 0.4) is 0 Å². The number of hydrogen-bond acceptors (Lipinski definition) is 7. The number of aromatic nitrogens is 4. The third kappa shape index (κ3) is 11.6. The second-order valence-corrected chi connectivity index (χ2v) is 24.7. The van der Waals surface area contributed by atoms with Gasteiger partial charge in [-0.15, -0.1) is 0 Å². The second kappa shape index (κ2) is 15.8. The zero-order chi connectivity index (χ0) is 30.8. The summed E-state index contributed by atoms with van der Waals surface area (Å²) in [5.41, 5.74) is 1.66. The smallest absolute Gasteiger partial charge is 0.303 e. The van der Waals surface area contributed by atoms with E-state index < -0.39 is 22.3 Å². The van der Waals surface area contributed by atoms with Gasteiger partial charge in [-0.2, -0.15) is 0 Å². The van der Waals surface area contributed by atoms with Crippen molar-refractivity contribution in [2.24, 2.45) is 5.92 Å². The fourth-order valence-corrected chi connectivity index (χ4v) is 6.07. The molecule has 1 N–H and O–H groups in total. The van der Waals surface area contributed by atoms with Gasteiger partial charge < -0.3 is 28.5 Å². The lowest BCUT2D eigenvalue weighted by Crippen LogP contribution is -2.26. The minimum absolute atomic E-state index is 0.0494. The van der Waals surface area contributed by atoms with E-state index in [2.05, 4.69) is 49.3 Å². The Morgan fingerprint density at radius 2 is 1.31 bits per heavy atom. The number of aliphatic hydroxyl groups excluding tert-OH is 1. The Morgan fingerprint density at radius 3 is 1.71 bits per heavy atom. The quantitative estimate of drug-likeness (QED) is 0.108. The van der Waals surface area contributed by atoms with Gasteiger partial charge in [-0.05, 0) is 23.2 Å². The molecule has 3 aromatic rings. The lowest BCUT2D eigenvalue weighted by molar-refractivity contribution is -0.149. The van der Waals surface area contributed by atoms with Crippen molar-refractivity contribution in [3.63, 3.8) is 0 Å². The summed E-state index contributed by atoms with van der Waals surface area (Å²) in [6.07, 6.45) is 8.01. The number of carbonyl (C=O) groups excluding carboxylic acids is 1. The molecule has 11 heteroatoms. The first-order chi connectivity index (χ1) is 19.8. The predicted octanol–water partition coefficient (Wildman–Crippen LogP) is 5.90. The number of rotatable bonds is 18. The van der Waals surface area contributed by atoms with E-state index in [4.69, 9.17) is 14.2 Å².